The SMILES string of the molecule is CC(Br)C(=O)NC(CCO)C(C)C. The average molecular weight is 252 g/mol. The first kappa shape index (κ1) is 12.9. The Hall–Kier alpha value is -0.0900. The minimum absolute atomic E-state index is 0.0212. The van der Waals surface area contributed by atoms with Gasteiger partial charge in [0.05, 0.1) is 4.83 Å². The van der Waals surface area contributed by atoms with Crippen molar-refractivity contribution in [3.05, 3.63) is 0 Å². The third-order valence-electron chi connectivity index (χ3n) is 1.93. The van der Waals surface area contributed by atoms with Crippen LogP contribution in [0, 0.1) is 5.92 Å². The number of amides is 1. The van der Waals surface area contributed by atoms with E-state index in [0.717, 1.165) is 0 Å². The number of hydrogen-bond acceptors (Lipinski definition) is 2. The number of aliphatic hydroxyl groups is 1. The molecule has 3 nitrogen and oxygen atoms in total. The smallest absolute Gasteiger partial charge is 0.233 e. The highest BCUT2D eigenvalue weighted by molar-refractivity contribution is 9.10. The van der Waals surface area contributed by atoms with Gasteiger partial charge in [0.25, 0.3) is 0 Å². The molecule has 13 heavy (non-hydrogen) atoms. The fraction of sp³-hybridized carbons (Fsp3) is 0.889. The van der Waals surface area contributed by atoms with Crippen LogP contribution < -0.4 is 5.32 Å². The zero-order valence-corrected chi connectivity index (χ0v) is 9.97. The van der Waals surface area contributed by atoms with Gasteiger partial charge in [0, 0.05) is 12.6 Å². The highest BCUT2D eigenvalue weighted by atomic mass is 79.9. The van der Waals surface area contributed by atoms with Crippen LogP contribution in [0.4, 0.5) is 0 Å². The molecule has 78 valence electrons. The third-order valence-corrected chi connectivity index (χ3v) is 2.35. The summed E-state index contributed by atoms with van der Waals surface area (Å²) in [5.41, 5.74) is 0. The van der Waals surface area contributed by atoms with Gasteiger partial charge in [-0.3, -0.25) is 4.79 Å². The molecule has 0 aromatic heterocycles. The summed E-state index contributed by atoms with van der Waals surface area (Å²) in [6, 6.07) is 0.0671. The fourth-order valence-electron chi connectivity index (χ4n) is 1.01. The summed E-state index contributed by atoms with van der Waals surface area (Å²) < 4.78 is 0. The first-order valence-corrected chi connectivity index (χ1v) is 5.46. The lowest BCUT2D eigenvalue weighted by molar-refractivity contribution is -0.121. The maximum atomic E-state index is 11.3. The summed E-state index contributed by atoms with van der Waals surface area (Å²) in [5.74, 6) is 0.328. The standard InChI is InChI=1S/C9H18BrNO2/c1-6(2)8(4-5-12)11-9(13)7(3)10/h6-8,12H,4-5H2,1-3H3,(H,11,13). The number of nitrogens with one attached hydrogen (secondary N) is 1. The van der Waals surface area contributed by atoms with E-state index < -0.39 is 0 Å². The quantitative estimate of drug-likeness (QED) is 0.724. The monoisotopic (exact) mass is 251 g/mol. The van der Waals surface area contributed by atoms with E-state index in [4.69, 9.17) is 5.11 Å². The van der Waals surface area contributed by atoms with E-state index >= 15 is 0 Å². The predicted octanol–water partition coefficient (Wildman–Crippen LogP) is 1.29. The van der Waals surface area contributed by atoms with Crippen LogP contribution in [0.5, 0.6) is 0 Å². The molecule has 0 saturated heterocycles. The number of alkyl halides is 1. The van der Waals surface area contributed by atoms with Gasteiger partial charge < -0.3 is 10.4 Å². The Kier molecular flexibility index (Phi) is 6.33. The van der Waals surface area contributed by atoms with Gasteiger partial charge in [-0.05, 0) is 19.3 Å². The number of carbonyl (C=O) groups excluding carboxylic acids is 1. The van der Waals surface area contributed by atoms with E-state index in [1.165, 1.54) is 0 Å². The average Bonchev–Trinajstić information content (AvgIpc) is 2.03. The molecule has 4 heteroatoms. The summed E-state index contributed by atoms with van der Waals surface area (Å²) in [5, 5.41) is 11.6. The fourth-order valence-corrected chi connectivity index (χ4v) is 1.14. The maximum absolute atomic E-state index is 11.3. The van der Waals surface area contributed by atoms with Crippen LogP contribution in [0.15, 0.2) is 0 Å². The van der Waals surface area contributed by atoms with Gasteiger partial charge in [-0.25, -0.2) is 0 Å². The van der Waals surface area contributed by atoms with Gasteiger partial charge in [0.1, 0.15) is 0 Å². The van der Waals surface area contributed by atoms with Crippen molar-refractivity contribution >= 4 is 21.8 Å². The molecule has 2 atom stereocenters. The van der Waals surface area contributed by atoms with Gasteiger partial charge in [0.15, 0.2) is 0 Å². The van der Waals surface area contributed by atoms with Gasteiger partial charge in [-0.2, -0.15) is 0 Å². The molecule has 0 fully saturated rings. The molecule has 0 heterocycles. The molecule has 0 bridgehead atoms. The molecule has 2 unspecified atom stereocenters. The molecule has 1 amide bonds. The number of carbonyl (C=O) groups is 1. The molecule has 0 rings (SSSR count). The lowest BCUT2D eigenvalue weighted by Crippen LogP contribution is -2.42. The minimum atomic E-state index is -0.174. The summed E-state index contributed by atoms with van der Waals surface area (Å²) in [7, 11) is 0. The molecule has 0 aromatic rings. The molecule has 0 aliphatic carbocycles. The molecular formula is C9H18BrNO2. The number of hydrogen-bond donors (Lipinski definition) is 2. The molecule has 2 N–H and O–H groups in total. The summed E-state index contributed by atoms with van der Waals surface area (Å²) in [4.78, 5) is 11.1. The van der Waals surface area contributed by atoms with Gasteiger partial charge in [0.2, 0.25) is 5.91 Å². The van der Waals surface area contributed by atoms with Crippen molar-refractivity contribution in [1.29, 1.82) is 0 Å². The summed E-state index contributed by atoms with van der Waals surface area (Å²) in [6.07, 6.45) is 0.614. The van der Waals surface area contributed by atoms with E-state index in [9.17, 15) is 4.79 Å². The largest absolute Gasteiger partial charge is 0.396 e. The van der Waals surface area contributed by atoms with Crippen LogP contribution in [-0.4, -0.2) is 28.5 Å². The molecule has 0 radical (unpaired) electrons. The first-order chi connectivity index (χ1) is 5.99. The Bertz CT molecular complexity index is 160. The van der Waals surface area contributed by atoms with Gasteiger partial charge >= 0.3 is 0 Å². The van der Waals surface area contributed by atoms with Crippen LogP contribution >= 0.6 is 15.9 Å². The Morgan fingerprint density at radius 1 is 1.46 bits per heavy atom. The van der Waals surface area contributed by atoms with E-state index in [0.29, 0.717) is 12.3 Å². The van der Waals surface area contributed by atoms with Crippen molar-refractivity contribution < 1.29 is 9.90 Å². The molecule has 0 aliphatic rings. The van der Waals surface area contributed by atoms with Gasteiger partial charge in [-0.1, -0.05) is 29.8 Å². The molecular weight excluding hydrogens is 234 g/mol. The zero-order valence-electron chi connectivity index (χ0n) is 8.38. The van der Waals surface area contributed by atoms with E-state index in [-0.39, 0.29) is 23.4 Å². The molecule has 0 saturated carbocycles. The van der Waals surface area contributed by atoms with Crippen molar-refractivity contribution in [2.24, 2.45) is 5.92 Å². The minimum Gasteiger partial charge on any atom is -0.396 e. The van der Waals surface area contributed by atoms with Crippen LogP contribution in [-0.2, 0) is 4.79 Å². The van der Waals surface area contributed by atoms with Crippen molar-refractivity contribution in [3.63, 3.8) is 0 Å². The summed E-state index contributed by atoms with van der Waals surface area (Å²) >= 11 is 3.19. The van der Waals surface area contributed by atoms with E-state index in [1.807, 2.05) is 13.8 Å². The van der Waals surface area contributed by atoms with Crippen molar-refractivity contribution in [1.82, 2.24) is 5.32 Å². The number of halogens is 1. The van der Waals surface area contributed by atoms with Crippen molar-refractivity contribution in [2.45, 2.75) is 38.1 Å². The lowest BCUT2D eigenvalue weighted by Gasteiger charge is -2.22. The van der Waals surface area contributed by atoms with Crippen molar-refractivity contribution in [2.75, 3.05) is 6.61 Å². The van der Waals surface area contributed by atoms with Crippen LogP contribution in [0.2, 0.25) is 0 Å². The molecule has 0 aromatic carbocycles. The van der Waals surface area contributed by atoms with Crippen LogP contribution in [0.1, 0.15) is 27.2 Å². The lowest BCUT2D eigenvalue weighted by atomic mass is 10.0. The Morgan fingerprint density at radius 3 is 2.31 bits per heavy atom. The summed E-state index contributed by atoms with van der Waals surface area (Å²) in [6.45, 7) is 5.95. The third kappa shape index (κ3) is 5.26. The van der Waals surface area contributed by atoms with E-state index in [2.05, 4.69) is 21.2 Å². The molecule has 0 spiro atoms. The maximum Gasteiger partial charge on any atom is 0.233 e. The van der Waals surface area contributed by atoms with Crippen LogP contribution in [0.25, 0.3) is 0 Å². The second kappa shape index (κ2) is 6.38. The first-order valence-electron chi connectivity index (χ1n) is 4.54. The molecule has 0 aliphatic heterocycles. The Labute approximate surface area is 88.0 Å². The second-order valence-corrected chi connectivity index (χ2v) is 4.86. The van der Waals surface area contributed by atoms with E-state index in [1.54, 1.807) is 6.92 Å². The topological polar surface area (TPSA) is 49.3 Å². The highest BCUT2D eigenvalue weighted by Crippen LogP contribution is 2.07. The number of rotatable bonds is 5. The Morgan fingerprint density at radius 2 is 2.00 bits per heavy atom. The predicted molar refractivity (Wildman–Crippen MR) is 56.9 cm³/mol. The van der Waals surface area contributed by atoms with Crippen molar-refractivity contribution in [3.8, 4) is 0 Å². The zero-order chi connectivity index (χ0) is 10.4. The Balaban J connectivity index is 4.02. The second-order valence-electron chi connectivity index (χ2n) is 3.49. The normalized spacial score (nSPS) is 15.5. The van der Waals surface area contributed by atoms with Crippen LogP contribution in [0.3, 0.4) is 0 Å². The van der Waals surface area contributed by atoms with Gasteiger partial charge in [-0.15, -0.1) is 0 Å². The number of aliphatic hydroxyl groups excluding tert-OH is 1. The highest BCUT2D eigenvalue weighted by Gasteiger charge is 2.17.